The highest BCUT2D eigenvalue weighted by Gasteiger charge is 2.20. The average molecular weight is 482 g/mol. The second kappa shape index (κ2) is 10.7. The van der Waals surface area contributed by atoms with Crippen LogP contribution in [-0.2, 0) is 11.3 Å². The highest BCUT2D eigenvalue weighted by atomic mass is 32.2. The molecule has 34 heavy (non-hydrogen) atoms. The van der Waals surface area contributed by atoms with E-state index in [2.05, 4.69) is 20.8 Å². The fourth-order valence-electron chi connectivity index (χ4n) is 3.10. The standard InChI is InChI=1S/C23H20FN5O4S/c1-32-18-10-5-4-9-17(18)29-20(13-25-22(31)19-11-6-12-33-19)27-28-23(29)34-14-21(30)26-16-8-3-2-7-15(16)24/h2-12H,13-14H2,1H3,(H,25,31)(H,26,30). The van der Waals surface area contributed by atoms with E-state index in [0.717, 1.165) is 11.8 Å². The number of amides is 2. The number of carbonyl (C=O) groups is 2. The van der Waals surface area contributed by atoms with E-state index in [-0.39, 0.29) is 23.7 Å². The second-order valence-corrected chi connectivity index (χ2v) is 7.83. The van der Waals surface area contributed by atoms with Crippen LogP contribution in [0.4, 0.5) is 10.1 Å². The van der Waals surface area contributed by atoms with Crippen molar-refractivity contribution in [2.45, 2.75) is 11.7 Å². The summed E-state index contributed by atoms with van der Waals surface area (Å²) in [5, 5.41) is 14.1. The van der Waals surface area contributed by atoms with Crippen molar-refractivity contribution in [2.75, 3.05) is 18.2 Å². The summed E-state index contributed by atoms with van der Waals surface area (Å²) in [7, 11) is 1.54. The number of hydrogen-bond donors (Lipinski definition) is 2. The monoisotopic (exact) mass is 481 g/mol. The Morgan fingerprint density at radius 3 is 2.65 bits per heavy atom. The zero-order valence-corrected chi connectivity index (χ0v) is 18.8. The summed E-state index contributed by atoms with van der Waals surface area (Å²) in [5.74, 6) is -0.230. The van der Waals surface area contributed by atoms with E-state index >= 15 is 0 Å². The summed E-state index contributed by atoms with van der Waals surface area (Å²) in [6.07, 6.45) is 1.41. The van der Waals surface area contributed by atoms with Crippen molar-refractivity contribution >= 4 is 29.3 Å². The van der Waals surface area contributed by atoms with Crippen LogP contribution in [0.2, 0.25) is 0 Å². The number of halogens is 1. The molecule has 0 saturated carbocycles. The van der Waals surface area contributed by atoms with Gasteiger partial charge < -0.3 is 19.8 Å². The molecule has 2 amide bonds. The van der Waals surface area contributed by atoms with Gasteiger partial charge in [-0.25, -0.2) is 4.39 Å². The number of carbonyl (C=O) groups excluding carboxylic acids is 2. The van der Waals surface area contributed by atoms with Gasteiger partial charge in [-0.15, -0.1) is 10.2 Å². The number of benzene rings is 2. The van der Waals surface area contributed by atoms with Gasteiger partial charge in [-0.2, -0.15) is 0 Å². The molecule has 174 valence electrons. The minimum atomic E-state index is -0.521. The van der Waals surface area contributed by atoms with Gasteiger partial charge in [-0.1, -0.05) is 36.0 Å². The second-order valence-electron chi connectivity index (χ2n) is 6.88. The maximum atomic E-state index is 13.8. The van der Waals surface area contributed by atoms with E-state index < -0.39 is 17.6 Å². The average Bonchev–Trinajstić information content (AvgIpc) is 3.53. The Morgan fingerprint density at radius 2 is 1.88 bits per heavy atom. The van der Waals surface area contributed by atoms with Gasteiger partial charge >= 0.3 is 0 Å². The summed E-state index contributed by atoms with van der Waals surface area (Å²) in [4.78, 5) is 24.7. The van der Waals surface area contributed by atoms with Crippen molar-refractivity contribution in [1.82, 2.24) is 20.1 Å². The van der Waals surface area contributed by atoms with E-state index in [0.29, 0.717) is 22.4 Å². The van der Waals surface area contributed by atoms with E-state index in [9.17, 15) is 14.0 Å². The number of methoxy groups -OCH3 is 1. The minimum absolute atomic E-state index is 0.0413. The molecule has 0 aliphatic rings. The lowest BCUT2D eigenvalue weighted by molar-refractivity contribution is -0.113. The number of rotatable bonds is 9. The van der Waals surface area contributed by atoms with Crippen LogP contribution in [0, 0.1) is 5.82 Å². The van der Waals surface area contributed by atoms with Crippen LogP contribution < -0.4 is 15.4 Å². The minimum Gasteiger partial charge on any atom is -0.495 e. The summed E-state index contributed by atoms with van der Waals surface area (Å²) >= 11 is 1.12. The molecule has 0 atom stereocenters. The zero-order valence-electron chi connectivity index (χ0n) is 18.0. The van der Waals surface area contributed by atoms with Crippen molar-refractivity contribution in [2.24, 2.45) is 0 Å². The Bertz CT molecular complexity index is 1290. The van der Waals surface area contributed by atoms with Gasteiger partial charge in [0.05, 0.1) is 37.0 Å². The van der Waals surface area contributed by atoms with Gasteiger partial charge in [0.2, 0.25) is 5.91 Å². The summed E-state index contributed by atoms with van der Waals surface area (Å²) in [6, 6.07) is 16.3. The third kappa shape index (κ3) is 5.26. The first kappa shape index (κ1) is 23.1. The molecule has 4 rings (SSSR count). The molecular formula is C23H20FN5O4S. The van der Waals surface area contributed by atoms with Crippen molar-refractivity contribution in [3.05, 3.63) is 84.3 Å². The fraction of sp³-hybridized carbons (Fsp3) is 0.130. The van der Waals surface area contributed by atoms with Gasteiger partial charge in [0.1, 0.15) is 11.6 Å². The van der Waals surface area contributed by atoms with Crippen LogP contribution in [0.3, 0.4) is 0 Å². The first-order valence-electron chi connectivity index (χ1n) is 10.1. The Labute approximate surface area is 198 Å². The number of nitrogens with zero attached hydrogens (tertiary/aromatic N) is 3. The molecule has 0 saturated heterocycles. The van der Waals surface area contributed by atoms with Crippen LogP contribution in [0.5, 0.6) is 5.75 Å². The molecule has 0 fully saturated rings. The topological polar surface area (TPSA) is 111 Å². The number of ether oxygens (including phenoxy) is 1. The number of anilines is 1. The third-order valence-electron chi connectivity index (χ3n) is 4.66. The molecule has 0 spiro atoms. The first-order chi connectivity index (χ1) is 16.6. The van der Waals surface area contributed by atoms with E-state index in [4.69, 9.17) is 9.15 Å². The summed E-state index contributed by atoms with van der Waals surface area (Å²) < 4.78 is 26.1. The molecule has 0 unspecified atom stereocenters. The molecule has 2 aromatic heterocycles. The van der Waals surface area contributed by atoms with Gasteiger partial charge in [0.25, 0.3) is 5.91 Å². The molecule has 11 heteroatoms. The molecule has 2 aromatic carbocycles. The highest BCUT2D eigenvalue weighted by Crippen LogP contribution is 2.29. The van der Waals surface area contributed by atoms with E-state index in [1.54, 1.807) is 34.9 Å². The number of aromatic nitrogens is 3. The van der Waals surface area contributed by atoms with Crippen molar-refractivity contribution in [1.29, 1.82) is 0 Å². The molecule has 9 nitrogen and oxygen atoms in total. The van der Waals surface area contributed by atoms with Gasteiger partial charge in [-0.3, -0.25) is 14.2 Å². The van der Waals surface area contributed by atoms with Gasteiger partial charge in [-0.05, 0) is 36.4 Å². The molecule has 0 aliphatic carbocycles. The molecule has 2 heterocycles. The number of hydrogen-bond acceptors (Lipinski definition) is 7. The third-order valence-corrected chi connectivity index (χ3v) is 5.59. The summed E-state index contributed by atoms with van der Waals surface area (Å²) in [5.41, 5.74) is 0.731. The number of para-hydroxylation sites is 3. The largest absolute Gasteiger partial charge is 0.495 e. The van der Waals surface area contributed by atoms with Gasteiger partial charge in [0, 0.05) is 0 Å². The molecule has 0 bridgehead atoms. The lowest BCUT2D eigenvalue weighted by atomic mass is 10.3. The Hall–Kier alpha value is -4.12. The maximum absolute atomic E-state index is 13.8. The molecule has 2 N–H and O–H groups in total. The number of nitrogens with one attached hydrogen (secondary N) is 2. The highest BCUT2D eigenvalue weighted by molar-refractivity contribution is 7.99. The Morgan fingerprint density at radius 1 is 1.09 bits per heavy atom. The van der Waals surface area contributed by atoms with E-state index in [1.807, 2.05) is 18.2 Å². The predicted octanol–water partition coefficient (Wildman–Crippen LogP) is 3.67. The number of furan rings is 1. The molecule has 0 radical (unpaired) electrons. The molecular weight excluding hydrogens is 461 g/mol. The Kier molecular flexibility index (Phi) is 7.23. The Balaban J connectivity index is 1.55. The fourth-order valence-corrected chi connectivity index (χ4v) is 3.86. The van der Waals surface area contributed by atoms with Crippen molar-refractivity contribution < 1.29 is 23.1 Å². The zero-order chi connectivity index (χ0) is 23.9. The van der Waals surface area contributed by atoms with Crippen LogP contribution in [0.15, 0.2) is 76.5 Å². The lowest BCUT2D eigenvalue weighted by Crippen LogP contribution is -2.24. The normalized spacial score (nSPS) is 10.6. The maximum Gasteiger partial charge on any atom is 0.287 e. The summed E-state index contributed by atoms with van der Waals surface area (Å²) in [6.45, 7) is 0.0482. The molecule has 0 aliphatic heterocycles. The van der Waals surface area contributed by atoms with Crippen LogP contribution in [-0.4, -0.2) is 39.4 Å². The van der Waals surface area contributed by atoms with Crippen molar-refractivity contribution in [3.63, 3.8) is 0 Å². The lowest BCUT2D eigenvalue weighted by Gasteiger charge is -2.14. The first-order valence-corrected chi connectivity index (χ1v) is 11.1. The quantitative estimate of drug-likeness (QED) is 0.351. The van der Waals surface area contributed by atoms with Gasteiger partial charge in [0.15, 0.2) is 16.7 Å². The van der Waals surface area contributed by atoms with Crippen LogP contribution >= 0.6 is 11.8 Å². The van der Waals surface area contributed by atoms with Crippen LogP contribution in [0.25, 0.3) is 5.69 Å². The van der Waals surface area contributed by atoms with Crippen LogP contribution in [0.1, 0.15) is 16.4 Å². The SMILES string of the molecule is COc1ccccc1-n1c(CNC(=O)c2ccco2)nnc1SCC(=O)Nc1ccccc1F. The van der Waals surface area contributed by atoms with Crippen molar-refractivity contribution in [3.8, 4) is 11.4 Å². The molecule has 4 aromatic rings. The predicted molar refractivity (Wildman–Crippen MR) is 124 cm³/mol. The smallest absolute Gasteiger partial charge is 0.287 e. The van der Waals surface area contributed by atoms with E-state index in [1.165, 1.54) is 25.5 Å². The number of thioether (sulfide) groups is 1.